The van der Waals surface area contributed by atoms with Gasteiger partial charge in [-0.1, -0.05) is 30.4 Å². The maximum atomic E-state index is 9.54. The van der Waals surface area contributed by atoms with Crippen LogP contribution in [-0.4, -0.2) is 5.11 Å². The highest BCUT2D eigenvalue weighted by atomic mass is 32.2. The van der Waals surface area contributed by atoms with Crippen LogP contribution in [0.3, 0.4) is 0 Å². The lowest BCUT2D eigenvalue weighted by molar-refractivity contribution is 0.473. The van der Waals surface area contributed by atoms with Gasteiger partial charge in [-0.3, -0.25) is 0 Å². The SMILES string of the molecule is Oc1cccc(C2CCC3CC=CC=C3S2)c1. The lowest BCUT2D eigenvalue weighted by Gasteiger charge is -2.31. The van der Waals surface area contributed by atoms with Crippen LogP contribution in [0.15, 0.2) is 47.4 Å². The Morgan fingerprint density at radius 3 is 3.06 bits per heavy atom. The quantitative estimate of drug-likeness (QED) is 0.789. The third kappa shape index (κ3) is 2.27. The molecule has 1 fully saturated rings. The number of fused-ring (bicyclic) bond motifs is 1. The molecule has 1 aromatic carbocycles. The lowest BCUT2D eigenvalue weighted by atomic mass is 9.92. The summed E-state index contributed by atoms with van der Waals surface area (Å²) in [4.78, 5) is 1.52. The van der Waals surface area contributed by atoms with Crippen molar-refractivity contribution in [3.8, 4) is 5.75 Å². The first-order valence-corrected chi connectivity index (χ1v) is 7.03. The number of phenolic OH excluding ortho intramolecular Hbond substituents is 1. The van der Waals surface area contributed by atoms with Gasteiger partial charge in [0, 0.05) is 5.25 Å². The first-order valence-electron chi connectivity index (χ1n) is 6.15. The van der Waals surface area contributed by atoms with Crippen molar-refractivity contribution in [2.75, 3.05) is 0 Å². The fourth-order valence-corrected chi connectivity index (χ4v) is 4.02. The van der Waals surface area contributed by atoms with Crippen LogP contribution in [-0.2, 0) is 0 Å². The number of hydrogen-bond acceptors (Lipinski definition) is 2. The van der Waals surface area contributed by atoms with E-state index in [1.165, 1.54) is 29.7 Å². The minimum atomic E-state index is 0.378. The van der Waals surface area contributed by atoms with Crippen LogP contribution >= 0.6 is 11.8 Å². The Kier molecular flexibility index (Phi) is 2.98. The number of hydrogen-bond donors (Lipinski definition) is 1. The summed E-state index contributed by atoms with van der Waals surface area (Å²) < 4.78 is 0. The number of benzene rings is 1. The van der Waals surface area contributed by atoms with Crippen molar-refractivity contribution in [3.05, 3.63) is 53.0 Å². The van der Waals surface area contributed by atoms with Crippen molar-refractivity contribution in [1.82, 2.24) is 0 Å². The van der Waals surface area contributed by atoms with Crippen LogP contribution in [0.25, 0.3) is 0 Å². The highest BCUT2D eigenvalue weighted by Gasteiger charge is 2.27. The van der Waals surface area contributed by atoms with Gasteiger partial charge in [0.15, 0.2) is 0 Å². The Hall–Kier alpha value is -1.15. The molecule has 0 bridgehead atoms. The molecule has 1 aromatic rings. The van der Waals surface area contributed by atoms with Gasteiger partial charge in [-0.2, -0.15) is 0 Å². The summed E-state index contributed by atoms with van der Waals surface area (Å²) in [6, 6.07) is 7.70. The predicted molar refractivity (Wildman–Crippen MR) is 73.0 cm³/mol. The molecule has 2 unspecified atom stereocenters. The van der Waals surface area contributed by atoms with E-state index in [0.29, 0.717) is 11.0 Å². The normalized spacial score (nSPS) is 27.4. The van der Waals surface area contributed by atoms with E-state index in [1.54, 1.807) is 6.07 Å². The van der Waals surface area contributed by atoms with Gasteiger partial charge >= 0.3 is 0 Å². The summed E-state index contributed by atoms with van der Waals surface area (Å²) in [7, 11) is 0. The molecule has 1 N–H and O–H groups in total. The molecule has 88 valence electrons. The molecule has 1 heterocycles. The van der Waals surface area contributed by atoms with Crippen molar-refractivity contribution < 1.29 is 5.11 Å². The van der Waals surface area contributed by atoms with E-state index in [2.05, 4.69) is 24.3 Å². The number of rotatable bonds is 1. The highest BCUT2D eigenvalue weighted by Crippen LogP contribution is 2.49. The van der Waals surface area contributed by atoms with Gasteiger partial charge in [0.2, 0.25) is 0 Å². The summed E-state index contributed by atoms with van der Waals surface area (Å²) in [6.07, 6.45) is 10.4. The average molecular weight is 244 g/mol. The molecule has 2 aliphatic rings. The van der Waals surface area contributed by atoms with Gasteiger partial charge < -0.3 is 5.11 Å². The fraction of sp³-hybridized carbons (Fsp3) is 0.333. The van der Waals surface area contributed by atoms with Crippen molar-refractivity contribution in [2.45, 2.75) is 24.5 Å². The van der Waals surface area contributed by atoms with Crippen molar-refractivity contribution >= 4 is 11.8 Å². The molecule has 0 amide bonds. The molecule has 3 rings (SSSR count). The molecule has 1 saturated heterocycles. The van der Waals surface area contributed by atoms with E-state index in [-0.39, 0.29) is 0 Å². The van der Waals surface area contributed by atoms with Crippen LogP contribution in [0.1, 0.15) is 30.1 Å². The second kappa shape index (κ2) is 4.61. The predicted octanol–water partition coefficient (Wildman–Crippen LogP) is 4.42. The number of aromatic hydroxyl groups is 1. The molecule has 17 heavy (non-hydrogen) atoms. The van der Waals surface area contributed by atoms with E-state index in [9.17, 15) is 5.11 Å². The maximum Gasteiger partial charge on any atom is 0.115 e. The molecule has 1 aliphatic carbocycles. The molecule has 2 heteroatoms. The van der Waals surface area contributed by atoms with Crippen molar-refractivity contribution in [2.24, 2.45) is 5.92 Å². The molecular formula is C15H16OS. The van der Waals surface area contributed by atoms with Crippen molar-refractivity contribution in [1.29, 1.82) is 0 Å². The van der Waals surface area contributed by atoms with E-state index in [4.69, 9.17) is 0 Å². The number of thioether (sulfide) groups is 1. The number of allylic oxidation sites excluding steroid dienone is 4. The van der Waals surface area contributed by atoms with E-state index >= 15 is 0 Å². The lowest BCUT2D eigenvalue weighted by Crippen LogP contribution is -2.12. The van der Waals surface area contributed by atoms with E-state index in [0.717, 1.165) is 5.92 Å². The molecule has 0 saturated carbocycles. The summed E-state index contributed by atoms with van der Waals surface area (Å²) in [5.74, 6) is 1.13. The zero-order chi connectivity index (χ0) is 11.7. The maximum absolute atomic E-state index is 9.54. The standard InChI is InChI=1S/C15H16OS/c16-13-6-3-5-12(10-13)15-9-8-11-4-1-2-7-14(11)17-15/h1-3,5-7,10-11,15-16H,4,8-9H2. The van der Waals surface area contributed by atoms with Gasteiger partial charge in [0.1, 0.15) is 5.75 Å². The highest BCUT2D eigenvalue weighted by molar-refractivity contribution is 8.03. The molecule has 0 aromatic heterocycles. The third-order valence-electron chi connectivity index (χ3n) is 3.52. The van der Waals surface area contributed by atoms with E-state index < -0.39 is 0 Å². The van der Waals surface area contributed by atoms with E-state index in [1.807, 2.05) is 23.9 Å². The number of phenols is 1. The molecule has 0 radical (unpaired) electrons. The monoisotopic (exact) mass is 244 g/mol. The minimum absolute atomic E-state index is 0.378. The zero-order valence-corrected chi connectivity index (χ0v) is 10.5. The van der Waals surface area contributed by atoms with Gasteiger partial charge in [-0.25, -0.2) is 0 Å². The molecular weight excluding hydrogens is 228 g/mol. The summed E-state index contributed by atoms with van der Waals surface area (Å²) >= 11 is 1.98. The van der Waals surface area contributed by atoms with Crippen LogP contribution < -0.4 is 0 Å². The molecule has 1 nitrogen and oxygen atoms in total. The smallest absolute Gasteiger partial charge is 0.115 e. The largest absolute Gasteiger partial charge is 0.508 e. The topological polar surface area (TPSA) is 20.2 Å². The van der Waals surface area contributed by atoms with Crippen LogP contribution in [0, 0.1) is 5.92 Å². The van der Waals surface area contributed by atoms with Crippen LogP contribution in [0.5, 0.6) is 5.75 Å². The average Bonchev–Trinajstić information content (AvgIpc) is 2.38. The Labute approximate surface area is 106 Å². The third-order valence-corrected chi connectivity index (χ3v) is 5.05. The first kappa shape index (κ1) is 11.0. The first-order chi connectivity index (χ1) is 8.33. The Balaban J connectivity index is 1.82. The molecule has 1 aliphatic heterocycles. The van der Waals surface area contributed by atoms with Gasteiger partial charge in [-0.05, 0) is 47.8 Å². The Bertz CT molecular complexity index is 476. The van der Waals surface area contributed by atoms with Gasteiger partial charge in [-0.15, -0.1) is 11.8 Å². The second-order valence-corrected chi connectivity index (χ2v) is 5.98. The van der Waals surface area contributed by atoms with Gasteiger partial charge in [0.05, 0.1) is 0 Å². The molecule has 2 atom stereocenters. The Morgan fingerprint density at radius 2 is 2.18 bits per heavy atom. The fourth-order valence-electron chi connectivity index (χ4n) is 2.59. The van der Waals surface area contributed by atoms with Crippen molar-refractivity contribution in [3.63, 3.8) is 0 Å². The van der Waals surface area contributed by atoms with Gasteiger partial charge in [0.25, 0.3) is 0 Å². The van der Waals surface area contributed by atoms with Crippen LogP contribution in [0.2, 0.25) is 0 Å². The summed E-state index contributed by atoms with van der Waals surface area (Å²) in [6.45, 7) is 0. The van der Waals surface area contributed by atoms with Crippen LogP contribution in [0.4, 0.5) is 0 Å². The Morgan fingerprint density at radius 1 is 1.24 bits per heavy atom. The zero-order valence-electron chi connectivity index (χ0n) is 9.67. The molecule has 0 spiro atoms. The minimum Gasteiger partial charge on any atom is -0.508 e. The summed E-state index contributed by atoms with van der Waals surface area (Å²) in [5, 5.41) is 10.1. The second-order valence-electron chi connectivity index (χ2n) is 4.71. The summed E-state index contributed by atoms with van der Waals surface area (Å²) in [5.41, 5.74) is 1.25.